The van der Waals surface area contributed by atoms with E-state index in [4.69, 9.17) is 4.74 Å². The van der Waals surface area contributed by atoms with Crippen LogP contribution in [0.5, 0.6) is 0 Å². The van der Waals surface area contributed by atoms with Gasteiger partial charge in [-0.2, -0.15) is 10.1 Å². The number of anilines is 1. The Bertz CT molecular complexity index is 1240. The smallest absolute Gasteiger partial charge is 0.338 e. The minimum Gasteiger partial charge on any atom is -0.463 e. The summed E-state index contributed by atoms with van der Waals surface area (Å²) in [5, 5.41) is 7.10. The van der Waals surface area contributed by atoms with E-state index in [2.05, 4.69) is 15.4 Å². The zero-order chi connectivity index (χ0) is 24.2. The molecule has 0 fully saturated rings. The summed E-state index contributed by atoms with van der Waals surface area (Å²) in [7, 11) is 0. The molecule has 8 nitrogen and oxygen atoms in total. The first kappa shape index (κ1) is 23.2. The highest BCUT2D eigenvalue weighted by Gasteiger charge is 2.38. The van der Waals surface area contributed by atoms with E-state index in [1.807, 2.05) is 31.2 Å². The maximum Gasteiger partial charge on any atom is 0.338 e. The highest BCUT2D eigenvalue weighted by atomic mass is 19.1. The quantitative estimate of drug-likeness (QED) is 0.541. The number of carbonyl (C=O) groups excluding carboxylic acids is 2. The van der Waals surface area contributed by atoms with E-state index in [0.717, 1.165) is 11.1 Å². The van der Waals surface area contributed by atoms with Gasteiger partial charge in [0, 0.05) is 17.8 Å². The molecule has 0 spiro atoms. The average molecular weight is 464 g/mol. The van der Waals surface area contributed by atoms with E-state index in [0.29, 0.717) is 22.8 Å². The second-order valence-electron chi connectivity index (χ2n) is 7.99. The Morgan fingerprint density at radius 3 is 2.56 bits per heavy atom. The first-order chi connectivity index (χ1) is 16.4. The number of carbonyl (C=O) groups is 2. The number of allylic oxidation sites excluding steroid dienone is 1. The highest BCUT2D eigenvalue weighted by Crippen LogP contribution is 2.38. The van der Waals surface area contributed by atoms with Crippen molar-refractivity contribution in [3.63, 3.8) is 0 Å². The molecule has 2 heterocycles. The SMILES string of the molecule is CCOC(=O)C1=C(C)N(CC(=O)NCc2ccccc2F)c2ncnn2[C@H]1c1ccc(C)cc1. The molecule has 0 bridgehead atoms. The molecule has 1 amide bonds. The summed E-state index contributed by atoms with van der Waals surface area (Å²) in [6, 6.07) is 13.5. The van der Waals surface area contributed by atoms with Crippen LogP contribution in [0, 0.1) is 12.7 Å². The van der Waals surface area contributed by atoms with Gasteiger partial charge in [-0.05, 0) is 32.4 Å². The average Bonchev–Trinajstić information content (AvgIpc) is 3.30. The van der Waals surface area contributed by atoms with Crippen LogP contribution in [-0.2, 0) is 20.9 Å². The monoisotopic (exact) mass is 463 g/mol. The molecule has 3 aromatic rings. The van der Waals surface area contributed by atoms with Gasteiger partial charge in [0.05, 0.1) is 12.2 Å². The molecule has 0 unspecified atom stereocenters. The summed E-state index contributed by atoms with van der Waals surface area (Å²) in [4.78, 5) is 31.8. The third-order valence-electron chi connectivity index (χ3n) is 5.73. The van der Waals surface area contributed by atoms with E-state index < -0.39 is 12.0 Å². The molecular formula is C25H26FN5O3. The summed E-state index contributed by atoms with van der Waals surface area (Å²) in [5.41, 5.74) is 3.25. The Morgan fingerprint density at radius 1 is 1.12 bits per heavy atom. The molecule has 9 heteroatoms. The van der Waals surface area contributed by atoms with Gasteiger partial charge < -0.3 is 15.0 Å². The van der Waals surface area contributed by atoms with E-state index in [1.165, 1.54) is 12.4 Å². The molecule has 1 aliphatic rings. The van der Waals surface area contributed by atoms with Crippen molar-refractivity contribution in [3.8, 4) is 0 Å². The lowest BCUT2D eigenvalue weighted by molar-refractivity contribution is -0.139. The van der Waals surface area contributed by atoms with Crippen LogP contribution < -0.4 is 10.2 Å². The number of aromatic nitrogens is 3. The van der Waals surface area contributed by atoms with Crippen molar-refractivity contribution in [1.29, 1.82) is 0 Å². The Labute approximate surface area is 197 Å². The molecule has 34 heavy (non-hydrogen) atoms. The standard InChI is InChI=1S/C25H26FN5O3/c1-4-34-24(33)22-17(3)30(14-21(32)27-13-19-7-5-6-8-20(19)26)25-28-15-29-31(25)23(22)18-11-9-16(2)10-12-18/h5-12,15,23H,4,13-14H2,1-3H3,(H,27,32)/t23-/m0/s1. The van der Waals surface area contributed by atoms with Crippen molar-refractivity contribution < 1.29 is 18.7 Å². The van der Waals surface area contributed by atoms with Gasteiger partial charge in [0.25, 0.3) is 0 Å². The molecule has 0 radical (unpaired) electrons. The Hall–Kier alpha value is -4.01. The van der Waals surface area contributed by atoms with Crippen LogP contribution in [0.15, 0.2) is 66.1 Å². The lowest BCUT2D eigenvalue weighted by Gasteiger charge is -2.35. The first-order valence-corrected chi connectivity index (χ1v) is 11.0. The lowest BCUT2D eigenvalue weighted by Crippen LogP contribution is -2.42. The zero-order valence-electron chi connectivity index (χ0n) is 19.3. The number of aryl methyl sites for hydroxylation is 1. The number of rotatable bonds is 7. The Balaban J connectivity index is 1.66. The van der Waals surface area contributed by atoms with Crippen LogP contribution in [-0.4, -0.2) is 39.8 Å². The molecule has 4 rings (SSSR count). The van der Waals surface area contributed by atoms with Crippen molar-refractivity contribution in [2.24, 2.45) is 0 Å². The minimum atomic E-state index is -0.546. The number of hydrogen-bond donors (Lipinski definition) is 1. The Kier molecular flexibility index (Phi) is 6.72. The number of amides is 1. The van der Waals surface area contributed by atoms with E-state index in [1.54, 1.807) is 41.6 Å². The zero-order valence-corrected chi connectivity index (χ0v) is 19.3. The number of esters is 1. The third-order valence-corrected chi connectivity index (χ3v) is 5.73. The molecule has 1 aromatic heterocycles. The van der Waals surface area contributed by atoms with Crippen molar-refractivity contribution in [2.75, 3.05) is 18.1 Å². The predicted octanol–water partition coefficient (Wildman–Crippen LogP) is 3.29. The molecule has 2 aromatic carbocycles. The van der Waals surface area contributed by atoms with Crippen molar-refractivity contribution in [1.82, 2.24) is 20.1 Å². The van der Waals surface area contributed by atoms with Gasteiger partial charge in [-0.3, -0.25) is 4.79 Å². The van der Waals surface area contributed by atoms with Crippen LogP contribution in [0.2, 0.25) is 0 Å². The fourth-order valence-corrected chi connectivity index (χ4v) is 3.98. The number of nitrogens with zero attached hydrogens (tertiary/aromatic N) is 4. The van der Waals surface area contributed by atoms with Gasteiger partial charge in [0.15, 0.2) is 0 Å². The van der Waals surface area contributed by atoms with Gasteiger partial charge in [-0.15, -0.1) is 0 Å². The molecule has 1 atom stereocenters. The number of fused-ring (bicyclic) bond motifs is 1. The summed E-state index contributed by atoms with van der Waals surface area (Å²) >= 11 is 0. The van der Waals surface area contributed by atoms with E-state index in [-0.39, 0.29) is 31.4 Å². The highest BCUT2D eigenvalue weighted by molar-refractivity contribution is 5.93. The van der Waals surface area contributed by atoms with Crippen molar-refractivity contribution in [3.05, 3.63) is 88.6 Å². The third kappa shape index (κ3) is 4.54. The summed E-state index contributed by atoms with van der Waals surface area (Å²) in [5.74, 6) is -0.795. The maximum atomic E-state index is 13.9. The van der Waals surface area contributed by atoms with Gasteiger partial charge >= 0.3 is 5.97 Å². The fraction of sp³-hybridized carbons (Fsp3) is 0.280. The summed E-state index contributed by atoms with van der Waals surface area (Å²) in [6.07, 6.45) is 1.39. The number of hydrogen-bond acceptors (Lipinski definition) is 6. The number of halogens is 1. The topological polar surface area (TPSA) is 89.3 Å². The normalized spacial score (nSPS) is 15.2. The number of nitrogens with one attached hydrogen (secondary N) is 1. The van der Waals surface area contributed by atoms with Crippen LogP contribution in [0.1, 0.15) is 36.6 Å². The number of benzene rings is 2. The largest absolute Gasteiger partial charge is 0.463 e. The van der Waals surface area contributed by atoms with Gasteiger partial charge in [-0.1, -0.05) is 48.0 Å². The Morgan fingerprint density at radius 2 is 1.85 bits per heavy atom. The second kappa shape index (κ2) is 9.86. The molecule has 0 saturated heterocycles. The van der Waals surface area contributed by atoms with Gasteiger partial charge in [0.1, 0.15) is 24.7 Å². The van der Waals surface area contributed by atoms with Crippen molar-refractivity contribution in [2.45, 2.75) is 33.4 Å². The van der Waals surface area contributed by atoms with Gasteiger partial charge in [0.2, 0.25) is 11.9 Å². The van der Waals surface area contributed by atoms with Crippen molar-refractivity contribution >= 4 is 17.8 Å². The second-order valence-corrected chi connectivity index (χ2v) is 7.99. The lowest BCUT2D eigenvalue weighted by atomic mass is 9.94. The van der Waals surface area contributed by atoms with Crippen LogP contribution in [0.25, 0.3) is 0 Å². The summed E-state index contributed by atoms with van der Waals surface area (Å²) < 4.78 is 20.9. The van der Waals surface area contributed by atoms with Crippen LogP contribution in [0.3, 0.4) is 0 Å². The van der Waals surface area contributed by atoms with Crippen LogP contribution in [0.4, 0.5) is 10.3 Å². The first-order valence-electron chi connectivity index (χ1n) is 11.0. The van der Waals surface area contributed by atoms with E-state index in [9.17, 15) is 14.0 Å². The molecule has 1 N–H and O–H groups in total. The molecule has 1 aliphatic heterocycles. The van der Waals surface area contributed by atoms with E-state index >= 15 is 0 Å². The maximum absolute atomic E-state index is 13.9. The molecule has 0 aliphatic carbocycles. The predicted molar refractivity (Wildman–Crippen MR) is 124 cm³/mol. The van der Waals surface area contributed by atoms with Gasteiger partial charge in [-0.25, -0.2) is 13.9 Å². The fourth-order valence-electron chi connectivity index (χ4n) is 3.98. The molecule has 0 saturated carbocycles. The minimum absolute atomic E-state index is 0.0471. The molecule has 176 valence electrons. The molecular weight excluding hydrogens is 437 g/mol. The van der Waals surface area contributed by atoms with Crippen LogP contribution >= 0.6 is 0 Å². The number of ether oxygens (including phenoxy) is 1. The summed E-state index contributed by atoms with van der Waals surface area (Å²) in [6.45, 7) is 5.63.